The van der Waals surface area contributed by atoms with E-state index in [0.717, 1.165) is 0 Å². The molecule has 1 fully saturated rings. The number of rotatable bonds is 6. The molecule has 1 heterocycles. The number of benzene rings is 1. The Hall–Kier alpha value is -1.42. The van der Waals surface area contributed by atoms with Gasteiger partial charge in [0.1, 0.15) is 48.9 Å². The molecule has 25 heavy (non-hydrogen) atoms. The van der Waals surface area contributed by atoms with Crippen LogP contribution in [0.3, 0.4) is 0 Å². The predicted octanol–water partition coefficient (Wildman–Crippen LogP) is 2.50. The van der Waals surface area contributed by atoms with Crippen molar-refractivity contribution in [2.45, 2.75) is 11.8 Å². The lowest BCUT2D eigenvalue weighted by atomic mass is 10.4. The molecule has 0 bridgehead atoms. The lowest BCUT2D eigenvalue weighted by Gasteiger charge is -2.28. The van der Waals surface area contributed by atoms with Gasteiger partial charge in [-0.05, 0) is 25.1 Å². The molecular weight excluding hydrogens is 360 g/mol. The number of hydrogen-bond acceptors (Lipinski definition) is 4. The van der Waals surface area contributed by atoms with E-state index >= 15 is 0 Å². The average Bonchev–Trinajstić information content (AvgIpc) is 2.62. The fourth-order valence-corrected chi connectivity index (χ4v) is 4.07. The van der Waals surface area contributed by atoms with Crippen LogP contribution in [0.4, 0.5) is 0 Å². The molecule has 6 nitrogen and oxygen atoms in total. The highest BCUT2D eigenvalue weighted by Crippen LogP contribution is 2.15. The minimum absolute atomic E-state index is 0.106. The summed E-state index contributed by atoms with van der Waals surface area (Å²) in [5.74, 6) is 0. The van der Waals surface area contributed by atoms with Gasteiger partial charge in [-0.2, -0.15) is 8.61 Å². The molecule has 0 aliphatic carbocycles. The summed E-state index contributed by atoms with van der Waals surface area (Å²) in [5.41, 5.74) is 0. The lowest BCUT2D eigenvalue weighted by molar-refractivity contribution is -0.0843. The van der Waals surface area contributed by atoms with E-state index in [-0.39, 0.29) is 26.9 Å². The second-order valence-electron chi connectivity index (χ2n) is 4.99. The van der Waals surface area contributed by atoms with Gasteiger partial charge in [0, 0.05) is 0 Å². The van der Waals surface area contributed by atoms with Crippen LogP contribution in [0.15, 0.2) is 71.0 Å². The number of allylic oxidation sites excluding steroid dienone is 4. The van der Waals surface area contributed by atoms with Crippen LogP contribution in [-0.4, -0.2) is 44.0 Å². The highest BCUT2D eigenvalue weighted by molar-refractivity contribution is 7.86. The van der Waals surface area contributed by atoms with Crippen LogP contribution in [0.2, 0.25) is 0 Å². The van der Waals surface area contributed by atoms with Crippen LogP contribution >= 0.6 is 0 Å². The van der Waals surface area contributed by atoms with Crippen molar-refractivity contribution in [2.75, 3.05) is 26.9 Å². The Morgan fingerprint density at radius 1 is 1.08 bits per heavy atom. The van der Waals surface area contributed by atoms with Crippen molar-refractivity contribution in [2.24, 2.45) is 0 Å². The fraction of sp³-hybridized carbons (Fsp3) is 0.294. The molecule has 1 aromatic carbocycles. The van der Waals surface area contributed by atoms with Gasteiger partial charge >= 0.3 is 0 Å². The van der Waals surface area contributed by atoms with E-state index in [0.29, 0.717) is 9.80 Å². The smallest absolute Gasteiger partial charge is 0.131 e. The SMILES string of the molecule is C=CC=C/C(=C\C)[S@@](=O)N1COCN([S@](=O)c2ccccc2)COC1. The maximum absolute atomic E-state index is 12.6. The summed E-state index contributed by atoms with van der Waals surface area (Å²) in [4.78, 5) is 1.32. The number of ether oxygens (including phenoxy) is 2. The Balaban J connectivity index is 1.96. The van der Waals surface area contributed by atoms with Gasteiger partial charge in [-0.3, -0.25) is 0 Å². The van der Waals surface area contributed by atoms with Gasteiger partial charge in [0.15, 0.2) is 0 Å². The van der Waals surface area contributed by atoms with E-state index in [9.17, 15) is 8.42 Å². The average molecular weight is 383 g/mol. The Bertz CT molecular complexity index is 666. The third kappa shape index (κ3) is 5.81. The summed E-state index contributed by atoms with van der Waals surface area (Å²) in [6.45, 7) is 5.86. The Morgan fingerprint density at radius 3 is 2.24 bits per heavy atom. The monoisotopic (exact) mass is 382 g/mol. The summed E-state index contributed by atoms with van der Waals surface area (Å²) in [5, 5.41) is 0. The third-order valence-electron chi connectivity index (χ3n) is 3.24. The summed E-state index contributed by atoms with van der Waals surface area (Å²) in [6.07, 6.45) is 6.85. The van der Waals surface area contributed by atoms with Crippen LogP contribution in [0.1, 0.15) is 6.92 Å². The molecule has 0 unspecified atom stereocenters. The summed E-state index contributed by atoms with van der Waals surface area (Å²) < 4.78 is 39.4. The minimum atomic E-state index is -1.41. The van der Waals surface area contributed by atoms with Gasteiger partial charge in [0.2, 0.25) is 0 Å². The Morgan fingerprint density at radius 2 is 1.68 bits per heavy atom. The molecule has 0 amide bonds. The van der Waals surface area contributed by atoms with Crippen molar-refractivity contribution in [1.82, 2.24) is 8.61 Å². The van der Waals surface area contributed by atoms with Gasteiger partial charge < -0.3 is 9.47 Å². The van der Waals surface area contributed by atoms with E-state index < -0.39 is 22.0 Å². The number of nitrogens with zero attached hydrogens (tertiary/aromatic N) is 2. The second-order valence-corrected chi connectivity index (χ2v) is 7.96. The predicted molar refractivity (Wildman–Crippen MR) is 99.4 cm³/mol. The summed E-state index contributed by atoms with van der Waals surface area (Å²) in [6, 6.07) is 9.12. The molecule has 0 aromatic heterocycles. The fourth-order valence-electron chi connectivity index (χ4n) is 2.01. The highest BCUT2D eigenvalue weighted by atomic mass is 32.2. The molecule has 0 N–H and O–H groups in total. The maximum atomic E-state index is 12.6. The van der Waals surface area contributed by atoms with Gasteiger partial charge in [-0.15, -0.1) is 0 Å². The molecule has 0 saturated carbocycles. The Kier molecular flexibility index (Phi) is 8.39. The van der Waals surface area contributed by atoms with Crippen molar-refractivity contribution in [3.8, 4) is 0 Å². The lowest BCUT2D eigenvalue weighted by Crippen LogP contribution is -2.41. The number of hydrogen-bond donors (Lipinski definition) is 0. The quantitative estimate of drug-likeness (QED) is 0.710. The van der Waals surface area contributed by atoms with Crippen molar-refractivity contribution in [3.63, 3.8) is 0 Å². The largest absolute Gasteiger partial charge is 0.349 e. The van der Waals surface area contributed by atoms with Crippen molar-refractivity contribution < 1.29 is 17.9 Å². The first-order valence-electron chi connectivity index (χ1n) is 7.67. The van der Waals surface area contributed by atoms with E-state index in [2.05, 4.69) is 6.58 Å². The van der Waals surface area contributed by atoms with E-state index in [4.69, 9.17) is 9.47 Å². The first-order chi connectivity index (χ1) is 12.2. The summed E-state index contributed by atoms with van der Waals surface area (Å²) >= 11 is 0. The van der Waals surface area contributed by atoms with Crippen molar-refractivity contribution >= 4 is 22.0 Å². The van der Waals surface area contributed by atoms with Gasteiger partial charge in [-0.1, -0.05) is 43.0 Å². The molecule has 0 radical (unpaired) electrons. The molecule has 8 heteroatoms. The van der Waals surface area contributed by atoms with Gasteiger partial charge in [-0.25, -0.2) is 8.42 Å². The second kappa shape index (κ2) is 10.5. The van der Waals surface area contributed by atoms with E-state index in [1.54, 1.807) is 45.0 Å². The van der Waals surface area contributed by atoms with E-state index in [1.807, 2.05) is 25.1 Å². The van der Waals surface area contributed by atoms with Crippen LogP contribution in [0.25, 0.3) is 0 Å². The molecule has 0 spiro atoms. The molecule has 2 rings (SSSR count). The van der Waals surface area contributed by atoms with Crippen molar-refractivity contribution in [3.05, 3.63) is 66.1 Å². The molecule has 1 aliphatic heterocycles. The third-order valence-corrected chi connectivity index (χ3v) is 6.05. The normalized spacial score (nSPS) is 20.8. The topological polar surface area (TPSA) is 59.1 Å². The standard InChI is InChI=1S/C17H22N2O4S2/c1-3-5-9-16(4-2)24(20)18-12-22-14-19(15-23-13-18)25(21)17-10-7-6-8-11-17/h3-11H,1,12-15H2,2H3/b9-5?,16-4+/t24-,25-/m1/s1. The van der Waals surface area contributed by atoms with Crippen LogP contribution < -0.4 is 0 Å². The molecule has 1 saturated heterocycles. The summed E-state index contributed by atoms with van der Waals surface area (Å²) in [7, 11) is -2.78. The molecule has 136 valence electrons. The zero-order chi connectivity index (χ0) is 18.1. The van der Waals surface area contributed by atoms with Gasteiger partial charge in [0.25, 0.3) is 0 Å². The zero-order valence-corrected chi connectivity index (χ0v) is 15.7. The van der Waals surface area contributed by atoms with Gasteiger partial charge in [0.05, 0.1) is 9.80 Å². The van der Waals surface area contributed by atoms with Crippen LogP contribution in [0.5, 0.6) is 0 Å². The van der Waals surface area contributed by atoms with E-state index in [1.165, 1.54) is 0 Å². The first kappa shape index (κ1) is 19.9. The molecule has 1 aromatic rings. The van der Waals surface area contributed by atoms with Crippen LogP contribution in [-0.2, 0) is 31.4 Å². The maximum Gasteiger partial charge on any atom is 0.131 e. The minimum Gasteiger partial charge on any atom is -0.349 e. The molecular formula is C17H22N2O4S2. The first-order valence-corrected chi connectivity index (χ1v) is 9.88. The Labute approximate surface area is 153 Å². The highest BCUT2D eigenvalue weighted by Gasteiger charge is 2.22. The van der Waals surface area contributed by atoms with Crippen molar-refractivity contribution in [1.29, 1.82) is 0 Å². The molecule has 2 atom stereocenters. The zero-order valence-electron chi connectivity index (χ0n) is 14.1. The molecule has 1 aliphatic rings. The van der Waals surface area contributed by atoms with Crippen LogP contribution in [0, 0.1) is 0 Å².